The van der Waals surface area contributed by atoms with E-state index in [2.05, 4.69) is 20.4 Å². The molecule has 1 aliphatic rings. The Bertz CT molecular complexity index is 854. The average Bonchev–Trinajstić information content (AvgIpc) is 3.04. The Morgan fingerprint density at radius 3 is 2.88 bits per heavy atom. The number of hydrogen-bond acceptors (Lipinski definition) is 8. The molecule has 2 aromatic rings. The van der Waals surface area contributed by atoms with Crippen molar-refractivity contribution in [3.8, 4) is 0 Å². The van der Waals surface area contributed by atoms with Crippen molar-refractivity contribution in [2.24, 2.45) is 5.11 Å². The van der Waals surface area contributed by atoms with Gasteiger partial charge in [0.2, 0.25) is 5.91 Å². The van der Waals surface area contributed by atoms with Gasteiger partial charge in [-0.05, 0) is 6.92 Å². The van der Waals surface area contributed by atoms with Gasteiger partial charge in [0.05, 0.1) is 18.5 Å². The minimum atomic E-state index is -2.20. The summed E-state index contributed by atoms with van der Waals surface area (Å²) in [6.45, 7) is 1.91. The number of carbonyl (C=O) groups is 1. The molecule has 4 N–H and O–H groups in total. The quantitative estimate of drug-likeness (QED) is 0.578. The van der Waals surface area contributed by atoms with Crippen LogP contribution in [0, 0.1) is 5.53 Å². The van der Waals surface area contributed by atoms with E-state index in [-0.39, 0.29) is 23.9 Å². The summed E-state index contributed by atoms with van der Waals surface area (Å²) in [6, 6.07) is 0. The van der Waals surface area contributed by atoms with Crippen molar-refractivity contribution >= 4 is 22.8 Å². The average molecular weight is 366 g/mol. The van der Waals surface area contributed by atoms with Crippen LogP contribution in [0.4, 0.5) is 10.2 Å². The Morgan fingerprint density at radius 2 is 2.31 bits per heavy atom. The lowest BCUT2D eigenvalue weighted by Crippen LogP contribution is -2.40. The minimum Gasteiger partial charge on any atom is -0.394 e. The third-order valence-electron chi connectivity index (χ3n) is 4.38. The van der Waals surface area contributed by atoms with E-state index in [9.17, 15) is 15.0 Å². The first-order valence-corrected chi connectivity index (χ1v) is 7.89. The lowest BCUT2D eigenvalue weighted by atomic mass is 9.98. The molecule has 3 rings (SSSR count). The number of hydrogen-bond donors (Lipinski definition) is 4. The van der Waals surface area contributed by atoms with Gasteiger partial charge in [-0.3, -0.25) is 4.79 Å². The third kappa shape index (κ3) is 2.83. The number of fused-ring (bicyclic) bond motifs is 1. The van der Waals surface area contributed by atoms with E-state index in [0.717, 1.165) is 0 Å². The van der Waals surface area contributed by atoms with Crippen molar-refractivity contribution < 1.29 is 24.1 Å². The van der Waals surface area contributed by atoms with Crippen LogP contribution in [0.3, 0.4) is 0 Å². The Labute approximate surface area is 147 Å². The highest BCUT2D eigenvalue weighted by atomic mass is 19.1. The van der Waals surface area contributed by atoms with Crippen molar-refractivity contribution in [1.82, 2.24) is 14.5 Å². The Morgan fingerprint density at radius 1 is 1.58 bits per heavy atom. The predicted molar refractivity (Wildman–Crippen MR) is 87.2 cm³/mol. The maximum absolute atomic E-state index is 15.1. The molecule has 0 aliphatic carbocycles. The molecule has 10 nitrogen and oxygen atoms in total. The second-order valence-electron chi connectivity index (χ2n) is 6.29. The fourth-order valence-electron chi connectivity index (χ4n) is 3.17. The molecule has 2 aromatic heterocycles. The zero-order valence-electron chi connectivity index (χ0n) is 14.2. The molecule has 11 heteroatoms. The Hall–Kier alpha value is -2.50. The van der Waals surface area contributed by atoms with Crippen LogP contribution in [0.25, 0.3) is 11.0 Å². The molecule has 0 radical (unpaired) electrons. The molecule has 1 fully saturated rings. The van der Waals surface area contributed by atoms with Crippen molar-refractivity contribution in [3.05, 3.63) is 18.1 Å². The van der Waals surface area contributed by atoms with Crippen molar-refractivity contribution in [2.75, 3.05) is 11.9 Å². The number of amides is 1. The van der Waals surface area contributed by atoms with Gasteiger partial charge >= 0.3 is 0 Å². The number of alkyl halides is 1. The van der Waals surface area contributed by atoms with Gasteiger partial charge in [-0.2, -0.15) is 5.11 Å². The van der Waals surface area contributed by atoms with Gasteiger partial charge in [0.15, 0.2) is 11.9 Å². The summed E-state index contributed by atoms with van der Waals surface area (Å²) in [5.74, 6) is -0.146. The van der Waals surface area contributed by atoms with Crippen molar-refractivity contribution in [3.63, 3.8) is 0 Å². The molecule has 1 aliphatic heterocycles. The monoisotopic (exact) mass is 366 g/mol. The molecule has 2 unspecified atom stereocenters. The smallest absolute Gasteiger partial charge is 0.222 e. The molecule has 140 valence electrons. The topological polar surface area (TPSA) is 146 Å². The number of nitrogens with one attached hydrogen (secondary N) is 2. The maximum Gasteiger partial charge on any atom is 0.222 e. The van der Waals surface area contributed by atoms with Crippen LogP contribution < -0.4 is 5.32 Å². The lowest BCUT2D eigenvalue weighted by molar-refractivity contribution is -0.114. The first-order chi connectivity index (χ1) is 12.3. The van der Waals surface area contributed by atoms with Gasteiger partial charge in [-0.25, -0.2) is 19.9 Å². The molecule has 0 bridgehead atoms. The van der Waals surface area contributed by atoms with Gasteiger partial charge in [-0.1, -0.05) is 0 Å². The molecule has 0 saturated carbocycles. The van der Waals surface area contributed by atoms with E-state index in [1.165, 1.54) is 30.9 Å². The van der Waals surface area contributed by atoms with Gasteiger partial charge in [0, 0.05) is 18.7 Å². The van der Waals surface area contributed by atoms with Gasteiger partial charge < -0.3 is 24.8 Å². The largest absolute Gasteiger partial charge is 0.394 e. The minimum absolute atomic E-state index is 0.0365. The first-order valence-electron chi connectivity index (χ1n) is 7.89. The maximum atomic E-state index is 15.1. The highest BCUT2D eigenvalue weighted by molar-refractivity contribution is 5.99. The van der Waals surface area contributed by atoms with Crippen LogP contribution in [0.1, 0.15) is 25.6 Å². The molecule has 0 aromatic carbocycles. The number of ether oxygens (including phenoxy) is 1. The van der Waals surface area contributed by atoms with Crippen LogP contribution in [0.5, 0.6) is 0 Å². The molecule has 1 saturated heterocycles. The van der Waals surface area contributed by atoms with Crippen LogP contribution in [0.15, 0.2) is 17.6 Å². The molecular formula is C15H19FN6O4. The van der Waals surface area contributed by atoms with Crippen LogP contribution in [-0.2, 0) is 16.1 Å². The highest BCUT2D eigenvalue weighted by Gasteiger charge is 2.55. The zero-order valence-corrected chi connectivity index (χ0v) is 14.2. The molecule has 26 heavy (non-hydrogen) atoms. The Kier molecular flexibility index (Phi) is 4.69. The number of nitrogens with zero attached hydrogens (tertiary/aromatic N) is 4. The van der Waals surface area contributed by atoms with Crippen LogP contribution in [0.2, 0.25) is 0 Å². The van der Waals surface area contributed by atoms with Gasteiger partial charge in [0.25, 0.3) is 0 Å². The number of carbonyl (C=O) groups excluding carboxylic acids is 1. The van der Waals surface area contributed by atoms with E-state index < -0.39 is 30.7 Å². The molecule has 0 spiro atoms. The van der Waals surface area contributed by atoms with E-state index >= 15 is 4.39 Å². The summed E-state index contributed by atoms with van der Waals surface area (Å²) in [6.07, 6.45) is -1.19. The number of aliphatic hydroxyl groups is 2. The number of aliphatic hydroxyl groups excluding tert-OH is 2. The van der Waals surface area contributed by atoms with Gasteiger partial charge in [-0.15, -0.1) is 0 Å². The fourth-order valence-corrected chi connectivity index (χ4v) is 3.17. The summed E-state index contributed by atoms with van der Waals surface area (Å²) >= 11 is 0. The predicted octanol–water partition coefficient (Wildman–Crippen LogP) is 0.899. The first kappa shape index (κ1) is 18.3. The van der Waals surface area contributed by atoms with Crippen molar-refractivity contribution in [1.29, 1.82) is 5.53 Å². The molecule has 1 amide bonds. The molecule has 3 heterocycles. The summed E-state index contributed by atoms with van der Waals surface area (Å²) in [4.78, 5) is 19.6. The second kappa shape index (κ2) is 6.67. The number of rotatable bonds is 5. The lowest BCUT2D eigenvalue weighted by Gasteiger charge is -2.25. The van der Waals surface area contributed by atoms with E-state index in [0.29, 0.717) is 10.9 Å². The van der Waals surface area contributed by atoms with E-state index in [1.54, 1.807) is 0 Å². The highest BCUT2D eigenvalue weighted by Crippen LogP contribution is 2.43. The van der Waals surface area contributed by atoms with E-state index in [1.807, 2.05) is 0 Å². The normalized spacial score (nSPS) is 28.4. The SMILES string of the molecule is CC(=O)Nc1ncnc2c1c(CN=N)cn2[C@@H]1OC(CO)C(O)[C@@]1(C)F. The standard InChI is InChI=1S/C15H19FN6O4/c1-7(24)21-12-10-8(3-20-17)4-22(13(10)19-6-18-12)14-15(2,16)11(25)9(5-23)26-14/h4,6,9,11,14,17,23,25H,3,5H2,1-2H3,(H,18,19,21,24)/t9?,11?,14-,15-/m1/s1. The summed E-state index contributed by atoms with van der Waals surface area (Å²) in [5.41, 5.74) is 5.67. The fraction of sp³-hybridized carbons (Fsp3) is 0.533. The summed E-state index contributed by atoms with van der Waals surface area (Å²) < 4.78 is 22.0. The third-order valence-corrected chi connectivity index (χ3v) is 4.38. The molecular weight excluding hydrogens is 347 g/mol. The number of halogens is 1. The summed E-state index contributed by atoms with van der Waals surface area (Å²) in [5, 5.41) is 25.7. The zero-order chi connectivity index (χ0) is 19.1. The van der Waals surface area contributed by atoms with Crippen LogP contribution in [-0.4, -0.2) is 55.1 Å². The van der Waals surface area contributed by atoms with Crippen molar-refractivity contribution in [2.45, 2.75) is 44.5 Å². The molecule has 4 atom stereocenters. The number of aromatic nitrogens is 3. The Balaban J connectivity index is 2.18. The van der Waals surface area contributed by atoms with Crippen LogP contribution >= 0.6 is 0 Å². The van der Waals surface area contributed by atoms with Gasteiger partial charge in [0.1, 0.15) is 30.0 Å². The second-order valence-corrected chi connectivity index (χ2v) is 6.29. The van der Waals surface area contributed by atoms with E-state index in [4.69, 9.17) is 10.3 Å². The summed E-state index contributed by atoms with van der Waals surface area (Å²) in [7, 11) is 0. The number of anilines is 1.